The molecule has 0 atom stereocenters. The minimum Gasteiger partial charge on any atom is -0.0895 e. The topological polar surface area (TPSA) is 0 Å². The van der Waals surface area contributed by atoms with Crippen molar-refractivity contribution in [1.82, 2.24) is 0 Å². The lowest BCUT2D eigenvalue weighted by Gasteiger charge is -1.88. The zero-order valence-corrected chi connectivity index (χ0v) is 7.75. The molecule has 12 heavy (non-hydrogen) atoms. The molecule has 0 spiro atoms. The van der Waals surface area contributed by atoms with Gasteiger partial charge in [-0.1, -0.05) is 54.1 Å². The van der Waals surface area contributed by atoms with Crippen molar-refractivity contribution in [3.8, 4) is 0 Å². The van der Waals surface area contributed by atoms with E-state index in [0.717, 1.165) is 5.03 Å². The van der Waals surface area contributed by atoms with Crippen LogP contribution in [-0.2, 0) is 0 Å². The molecular formula is C11H11Cl. The monoisotopic (exact) mass is 178 g/mol. The number of halogens is 1. The molecule has 1 rings (SSSR count). The summed E-state index contributed by atoms with van der Waals surface area (Å²) in [5.74, 6) is 0. The summed E-state index contributed by atoms with van der Waals surface area (Å²) < 4.78 is 0. The van der Waals surface area contributed by atoms with Crippen LogP contribution in [0.15, 0.2) is 47.5 Å². The average Bonchev–Trinajstić information content (AvgIpc) is 2.05. The SMILES string of the molecule is C/C(Cl)=C\C=C\c1ccccc1. The molecule has 0 nitrogen and oxygen atoms in total. The maximum atomic E-state index is 5.65. The van der Waals surface area contributed by atoms with Gasteiger partial charge in [0.05, 0.1) is 0 Å². The summed E-state index contributed by atoms with van der Waals surface area (Å²) in [4.78, 5) is 0. The van der Waals surface area contributed by atoms with Crippen molar-refractivity contribution in [2.45, 2.75) is 6.92 Å². The summed E-state index contributed by atoms with van der Waals surface area (Å²) in [7, 11) is 0. The van der Waals surface area contributed by atoms with Crippen LogP contribution >= 0.6 is 11.6 Å². The third-order valence-corrected chi connectivity index (χ3v) is 1.54. The van der Waals surface area contributed by atoms with Crippen molar-refractivity contribution >= 4 is 17.7 Å². The number of benzene rings is 1. The predicted octanol–water partition coefficient (Wildman–Crippen LogP) is 3.84. The molecule has 0 heterocycles. The van der Waals surface area contributed by atoms with Crippen LogP contribution in [-0.4, -0.2) is 0 Å². The Hall–Kier alpha value is -1.01. The molecule has 0 unspecified atom stereocenters. The van der Waals surface area contributed by atoms with Crippen molar-refractivity contribution in [3.05, 3.63) is 53.1 Å². The highest BCUT2D eigenvalue weighted by Gasteiger charge is 1.80. The molecule has 0 aromatic heterocycles. The van der Waals surface area contributed by atoms with E-state index in [1.54, 1.807) is 0 Å². The summed E-state index contributed by atoms with van der Waals surface area (Å²) in [6, 6.07) is 10.1. The third kappa shape index (κ3) is 3.40. The second kappa shape index (κ2) is 4.78. The molecule has 1 heteroatoms. The van der Waals surface area contributed by atoms with E-state index >= 15 is 0 Å². The van der Waals surface area contributed by atoms with Crippen molar-refractivity contribution in [3.63, 3.8) is 0 Å². The van der Waals surface area contributed by atoms with Gasteiger partial charge in [0.15, 0.2) is 0 Å². The van der Waals surface area contributed by atoms with Crippen LogP contribution in [0.25, 0.3) is 6.08 Å². The van der Waals surface area contributed by atoms with E-state index in [9.17, 15) is 0 Å². The Kier molecular flexibility index (Phi) is 3.62. The number of rotatable bonds is 2. The Morgan fingerprint density at radius 1 is 1.25 bits per heavy atom. The molecular weight excluding hydrogens is 168 g/mol. The van der Waals surface area contributed by atoms with Crippen molar-refractivity contribution < 1.29 is 0 Å². The lowest BCUT2D eigenvalue weighted by molar-refractivity contribution is 1.64. The molecule has 1 aromatic rings. The first-order chi connectivity index (χ1) is 5.79. The second-order valence-electron chi connectivity index (χ2n) is 2.52. The van der Waals surface area contributed by atoms with Crippen molar-refractivity contribution in [2.75, 3.05) is 0 Å². The molecule has 0 radical (unpaired) electrons. The highest BCUT2D eigenvalue weighted by atomic mass is 35.5. The van der Waals surface area contributed by atoms with Crippen LogP contribution in [0.4, 0.5) is 0 Å². The molecule has 0 saturated heterocycles. The van der Waals surface area contributed by atoms with Crippen LogP contribution in [0, 0.1) is 0 Å². The van der Waals surface area contributed by atoms with E-state index in [-0.39, 0.29) is 0 Å². The second-order valence-corrected chi connectivity index (χ2v) is 3.12. The fourth-order valence-corrected chi connectivity index (χ4v) is 0.929. The van der Waals surface area contributed by atoms with Gasteiger partial charge in [-0.15, -0.1) is 0 Å². The van der Waals surface area contributed by atoms with E-state index in [1.807, 2.05) is 55.5 Å². The first kappa shape index (κ1) is 9.08. The van der Waals surface area contributed by atoms with Crippen LogP contribution in [0.5, 0.6) is 0 Å². The zero-order valence-electron chi connectivity index (χ0n) is 7.00. The molecule has 0 aliphatic heterocycles. The fourth-order valence-electron chi connectivity index (χ4n) is 0.856. The largest absolute Gasteiger partial charge is 0.0895 e. The molecule has 0 amide bonds. The zero-order chi connectivity index (χ0) is 8.81. The first-order valence-corrected chi connectivity index (χ1v) is 4.22. The summed E-state index contributed by atoms with van der Waals surface area (Å²) in [5.41, 5.74) is 1.19. The average molecular weight is 179 g/mol. The molecule has 0 N–H and O–H groups in total. The van der Waals surface area contributed by atoms with Gasteiger partial charge in [0.25, 0.3) is 0 Å². The first-order valence-electron chi connectivity index (χ1n) is 3.84. The summed E-state index contributed by atoms with van der Waals surface area (Å²) in [6.07, 6.45) is 5.83. The summed E-state index contributed by atoms with van der Waals surface area (Å²) in [5, 5.41) is 0.794. The van der Waals surface area contributed by atoms with Crippen LogP contribution in [0.2, 0.25) is 0 Å². The molecule has 0 aliphatic carbocycles. The quantitative estimate of drug-likeness (QED) is 0.604. The van der Waals surface area contributed by atoms with E-state index in [2.05, 4.69) is 0 Å². The molecule has 62 valence electrons. The molecule has 0 aliphatic rings. The Morgan fingerprint density at radius 2 is 1.92 bits per heavy atom. The van der Waals surface area contributed by atoms with Gasteiger partial charge in [0.1, 0.15) is 0 Å². The standard InChI is InChI=1S/C11H11Cl/c1-10(12)6-5-9-11-7-3-2-4-8-11/h2-9H,1H3/b9-5+,10-6+. The molecule has 0 fully saturated rings. The van der Waals surface area contributed by atoms with Gasteiger partial charge in [-0.2, -0.15) is 0 Å². The predicted molar refractivity (Wildman–Crippen MR) is 55.1 cm³/mol. The van der Waals surface area contributed by atoms with Crippen molar-refractivity contribution in [1.29, 1.82) is 0 Å². The highest BCUT2D eigenvalue weighted by molar-refractivity contribution is 6.29. The van der Waals surface area contributed by atoms with Crippen LogP contribution in [0.1, 0.15) is 12.5 Å². The van der Waals surface area contributed by atoms with Gasteiger partial charge in [-0.25, -0.2) is 0 Å². The minimum absolute atomic E-state index is 0.794. The Labute approximate surface area is 78.2 Å². The van der Waals surface area contributed by atoms with E-state index < -0.39 is 0 Å². The number of allylic oxidation sites excluding steroid dienone is 3. The Bertz CT molecular complexity index is 279. The van der Waals surface area contributed by atoms with Gasteiger partial charge in [0, 0.05) is 5.03 Å². The highest BCUT2D eigenvalue weighted by Crippen LogP contribution is 2.03. The Morgan fingerprint density at radius 3 is 2.50 bits per heavy atom. The van der Waals surface area contributed by atoms with Gasteiger partial charge < -0.3 is 0 Å². The van der Waals surface area contributed by atoms with Gasteiger partial charge >= 0.3 is 0 Å². The summed E-state index contributed by atoms with van der Waals surface area (Å²) in [6.45, 7) is 1.86. The maximum absolute atomic E-state index is 5.65. The Balaban J connectivity index is 2.64. The van der Waals surface area contributed by atoms with Crippen molar-refractivity contribution in [2.24, 2.45) is 0 Å². The van der Waals surface area contributed by atoms with E-state index in [1.165, 1.54) is 5.56 Å². The van der Waals surface area contributed by atoms with Gasteiger partial charge in [-0.05, 0) is 18.6 Å². The number of hydrogen-bond acceptors (Lipinski definition) is 0. The van der Waals surface area contributed by atoms with Gasteiger partial charge in [0.2, 0.25) is 0 Å². The lowest BCUT2D eigenvalue weighted by Crippen LogP contribution is -1.66. The van der Waals surface area contributed by atoms with E-state index in [0.29, 0.717) is 0 Å². The van der Waals surface area contributed by atoms with Crippen LogP contribution < -0.4 is 0 Å². The molecule has 1 aromatic carbocycles. The van der Waals surface area contributed by atoms with Crippen LogP contribution in [0.3, 0.4) is 0 Å². The molecule has 0 bridgehead atoms. The fraction of sp³-hybridized carbons (Fsp3) is 0.0909. The third-order valence-electron chi connectivity index (χ3n) is 1.41. The normalized spacial score (nSPS) is 12.3. The smallest absolute Gasteiger partial charge is 0.0150 e. The minimum atomic E-state index is 0.794. The van der Waals surface area contributed by atoms with E-state index in [4.69, 9.17) is 11.6 Å². The van der Waals surface area contributed by atoms with Gasteiger partial charge in [-0.3, -0.25) is 0 Å². The lowest BCUT2D eigenvalue weighted by atomic mass is 10.2. The maximum Gasteiger partial charge on any atom is 0.0150 e. The number of hydrogen-bond donors (Lipinski definition) is 0. The summed E-state index contributed by atoms with van der Waals surface area (Å²) >= 11 is 5.65. The molecule has 0 saturated carbocycles.